The number of likely N-dealkylation sites (tertiary alicyclic amines) is 1. The molecule has 0 aliphatic carbocycles. The van der Waals surface area contributed by atoms with Crippen molar-refractivity contribution in [2.24, 2.45) is 11.8 Å². The van der Waals surface area contributed by atoms with Gasteiger partial charge in [0.05, 0.1) is 24.5 Å². The second-order valence-electron chi connectivity index (χ2n) is 10.2. The monoisotopic (exact) mass is 480 g/mol. The highest BCUT2D eigenvalue weighted by Crippen LogP contribution is 2.51. The van der Waals surface area contributed by atoms with Crippen LogP contribution >= 0.6 is 0 Å². The van der Waals surface area contributed by atoms with Crippen LogP contribution in [0.5, 0.6) is 0 Å². The Morgan fingerprint density at radius 3 is 2.39 bits per heavy atom. The summed E-state index contributed by atoms with van der Waals surface area (Å²) in [7, 11) is 0. The number of aromatic nitrogens is 2. The number of hydrogen-bond acceptors (Lipinski definition) is 3. The highest BCUT2D eigenvalue weighted by Gasteiger charge is 2.66. The molecule has 7 nitrogen and oxygen atoms in total. The fourth-order valence-corrected chi connectivity index (χ4v) is 6.44. The van der Waals surface area contributed by atoms with Crippen molar-refractivity contribution in [1.82, 2.24) is 20.2 Å². The van der Waals surface area contributed by atoms with Gasteiger partial charge >= 0.3 is 0 Å². The molecule has 3 aliphatic rings. The number of H-pyrrole nitrogens is 2. The van der Waals surface area contributed by atoms with Gasteiger partial charge in [-0.05, 0) is 36.1 Å². The zero-order valence-corrected chi connectivity index (χ0v) is 19.9. The van der Waals surface area contributed by atoms with Crippen molar-refractivity contribution in [3.63, 3.8) is 0 Å². The van der Waals surface area contributed by atoms with E-state index in [9.17, 15) is 9.59 Å². The number of amides is 2. The molecule has 2 amide bonds. The van der Waals surface area contributed by atoms with E-state index in [2.05, 4.69) is 33.5 Å². The second-order valence-corrected chi connectivity index (χ2v) is 10.2. The van der Waals surface area contributed by atoms with E-state index in [0.717, 1.165) is 23.9 Å². The molecular weight excluding hydrogens is 452 g/mol. The zero-order chi connectivity index (χ0) is 24.3. The first-order valence-corrected chi connectivity index (χ1v) is 12.7. The molecule has 3 N–H and O–H groups in total. The Balaban J connectivity index is 1.03. The minimum atomic E-state index is -0.680. The molecule has 182 valence electrons. The summed E-state index contributed by atoms with van der Waals surface area (Å²) in [6, 6.07) is 16.4. The maximum absolute atomic E-state index is 13.5. The van der Waals surface area contributed by atoms with Crippen molar-refractivity contribution in [3.8, 4) is 0 Å². The molecule has 7 rings (SSSR count). The quantitative estimate of drug-likeness (QED) is 0.355. The van der Waals surface area contributed by atoms with Gasteiger partial charge in [0, 0.05) is 47.3 Å². The van der Waals surface area contributed by atoms with Crippen LogP contribution in [0, 0.1) is 11.8 Å². The van der Waals surface area contributed by atoms with E-state index in [4.69, 9.17) is 4.74 Å². The molecule has 36 heavy (non-hydrogen) atoms. The summed E-state index contributed by atoms with van der Waals surface area (Å²) < 4.78 is 6.29. The van der Waals surface area contributed by atoms with E-state index in [1.807, 2.05) is 59.8 Å². The maximum Gasteiger partial charge on any atom is 0.230 e. The molecule has 7 heteroatoms. The molecule has 1 spiro atoms. The third kappa shape index (κ3) is 3.23. The number of nitrogens with zero attached hydrogens (tertiary/aromatic N) is 1. The predicted molar refractivity (Wildman–Crippen MR) is 137 cm³/mol. The molecule has 0 radical (unpaired) electrons. The Labute approximate surface area is 208 Å². The number of carbonyl (C=O) groups excluding carboxylic acids is 2. The first kappa shape index (κ1) is 21.4. The van der Waals surface area contributed by atoms with E-state index >= 15 is 0 Å². The third-order valence-electron chi connectivity index (χ3n) is 8.18. The Morgan fingerprint density at radius 2 is 1.67 bits per heavy atom. The highest BCUT2D eigenvalue weighted by atomic mass is 16.5. The second kappa shape index (κ2) is 8.10. The normalized spacial score (nSPS) is 26.4. The van der Waals surface area contributed by atoms with E-state index < -0.39 is 17.4 Å². The van der Waals surface area contributed by atoms with Crippen molar-refractivity contribution in [3.05, 3.63) is 84.2 Å². The molecule has 3 unspecified atom stereocenters. The average Bonchev–Trinajstić information content (AvgIpc) is 3.70. The van der Waals surface area contributed by atoms with Crippen LogP contribution in [0.2, 0.25) is 0 Å². The number of benzene rings is 2. The van der Waals surface area contributed by atoms with Crippen molar-refractivity contribution in [2.75, 3.05) is 19.6 Å². The molecule has 0 saturated carbocycles. The third-order valence-corrected chi connectivity index (χ3v) is 8.18. The lowest BCUT2D eigenvalue weighted by Crippen LogP contribution is -2.44. The molecular formula is C29H28N4O3. The minimum Gasteiger partial charge on any atom is -0.361 e. The Morgan fingerprint density at radius 1 is 1.00 bits per heavy atom. The van der Waals surface area contributed by atoms with Crippen LogP contribution in [0.3, 0.4) is 0 Å². The fraction of sp³-hybridized carbons (Fsp3) is 0.310. The SMILES string of the molecule is O=C(NCCc1c[nH]c2ccccc12)C1C2C=C[C@]3(CN(CCc4c[nH]c5ccccc45)C(=O)C13)O2. The van der Waals surface area contributed by atoms with Crippen LogP contribution < -0.4 is 5.32 Å². The number of nitrogens with one attached hydrogen (secondary N) is 3. The van der Waals surface area contributed by atoms with Gasteiger partial charge in [-0.25, -0.2) is 0 Å². The minimum absolute atomic E-state index is 0.0264. The van der Waals surface area contributed by atoms with Crippen LogP contribution in [0.1, 0.15) is 11.1 Å². The topological polar surface area (TPSA) is 90.2 Å². The van der Waals surface area contributed by atoms with E-state index in [-0.39, 0.29) is 17.9 Å². The predicted octanol–water partition coefficient (Wildman–Crippen LogP) is 3.33. The summed E-state index contributed by atoms with van der Waals surface area (Å²) in [4.78, 5) is 35.3. The standard InChI is InChI=1S/C29H28N4O3/c34-27(30-13-10-18-15-31-22-7-3-1-5-20(18)22)25-24-9-12-29(36-24)17-33(28(35)26(25)29)14-11-19-16-32-23-8-4-2-6-21(19)23/h1-9,12,15-16,24-26,31-32H,10-11,13-14,17H2,(H,30,34)/t24?,25?,26?,29-/m1/s1. The molecule has 4 atom stereocenters. The van der Waals surface area contributed by atoms with Gasteiger partial charge in [0.1, 0.15) is 5.60 Å². The molecule has 2 bridgehead atoms. The number of para-hydroxylation sites is 2. The zero-order valence-electron chi connectivity index (χ0n) is 19.9. The molecule has 2 aromatic carbocycles. The van der Waals surface area contributed by atoms with Crippen LogP contribution in [0.25, 0.3) is 21.8 Å². The fourth-order valence-electron chi connectivity index (χ4n) is 6.44. The number of ether oxygens (including phenoxy) is 1. The summed E-state index contributed by atoms with van der Waals surface area (Å²) >= 11 is 0. The van der Waals surface area contributed by atoms with E-state index in [0.29, 0.717) is 19.6 Å². The number of rotatable bonds is 7. The molecule has 4 aromatic rings. The summed E-state index contributed by atoms with van der Waals surface area (Å²) in [6.07, 6.45) is 9.16. The largest absolute Gasteiger partial charge is 0.361 e. The summed E-state index contributed by atoms with van der Waals surface area (Å²) in [6.45, 7) is 1.63. The van der Waals surface area contributed by atoms with Gasteiger partial charge in [-0.2, -0.15) is 0 Å². The highest BCUT2D eigenvalue weighted by molar-refractivity contribution is 5.93. The lowest BCUT2D eigenvalue weighted by Gasteiger charge is -2.23. The van der Waals surface area contributed by atoms with E-state index in [1.54, 1.807) is 0 Å². The van der Waals surface area contributed by atoms with Crippen molar-refractivity contribution < 1.29 is 14.3 Å². The number of carbonyl (C=O) groups is 2. The molecule has 2 aromatic heterocycles. The van der Waals surface area contributed by atoms with Gasteiger partial charge < -0.3 is 24.9 Å². The van der Waals surface area contributed by atoms with Gasteiger partial charge in [-0.15, -0.1) is 0 Å². The van der Waals surface area contributed by atoms with Crippen LogP contribution in [0.15, 0.2) is 73.1 Å². The van der Waals surface area contributed by atoms with Gasteiger partial charge in [0.25, 0.3) is 0 Å². The first-order valence-electron chi connectivity index (χ1n) is 12.7. The first-order chi connectivity index (χ1) is 17.6. The average molecular weight is 481 g/mol. The summed E-state index contributed by atoms with van der Waals surface area (Å²) in [5.74, 6) is -1.01. The van der Waals surface area contributed by atoms with Gasteiger partial charge in [-0.3, -0.25) is 9.59 Å². The van der Waals surface area contributed by atoms with Gasteiger partial charge in [-0.1, -0.05) is 48.6 Å². The van der Waals surface area contributed by atoms with Crippen molar-refractivity contribution in [2.45, 2.75) is 24.5 Å². The number of hydrogen-bond donors (Lipinski definition) is 3. The van der Waals surface area contributed by atoms with Crippen molar-refractivity contribution in [1.29, 1.82) is 0 Å². The number of aromatic amines is 2. The van der Waals surface area contributed by atoms with Crippen LogP contribution in [-0.2, 0) is 27.2 Å². The maximum atomic E-state index is 13.5. The lowest BCUT2D eigenvalue weighted by atomic mass is 9.77. The Bertz CT molecular complexity index is 1520. The molecule has 3 aliphatic heterocycles. The van der Waals surface area contributed by atoms with E-state index in [1.165, 1.54) is 21.9 Å². The Kier molecular flexibility index (Phi) is 4.82. The smallest absolute Gasteiger partial charge is 0.230 e. The van der Waals surface area contributed by atoms with Crippen LogP contribution in [0.4, 0.5) is 0 Å². The lowest BCUT2D eigenvalue weighted by molar-refractivity contribution is -0.137. The Hall–Kier alpha value is -3.84. The van der Waals surface area contributed by atoms with Crippen LogP contribution in [-0.4, -0.2) is 58.0 Å². The summed E-state index contributed by atoms with van der Waals surface area (Å²) in [5.41, 5.74) is 3.88. The van der Waals surface area contributed by atoms with Crippen molar-refractivity contribution >= 4 is 33.6 Å². The van der Waals surface area contributed by atoms with Gasteiger partial charge in [0.2, 0.25) is 11.8 Å². The molecule has 5 heterocycles. The van der Waals surface area contributed by atoms with Gasteiger partial charge in [0.15, 0.2) is 0 Å². The molecule has 2 fully saturated rings. The molecule has 2 saturated heterocycles. The number of fused-ring (bicyclic) bond motifs is 3. The summed E-state index contributed by atoms with van der Waals surface area (Å²) in [5, 5.41) is 5.45.